The van der Waals surface area contributed by atoms with Gasteiger partial charge in [0.05, 0.1) is 0 Å². The Morgan fingerprint density at radius 1 is 1.33 bits per heavy atom. The van der Waals surface area contributed by atoms with Crippen molar-refractivity contribution in [2.24, 2.45) is 5.92 Å². The van der Waals surface area contributed by atoms with Crippen molar-refractivity contribution in [3.8, 4) is 0 Å². The van der Waals surface area contributed by atoms with Crippen LogP contribution in [0.4, 0.5) is 4.79 Å². The number of hydrogen-bond donors (Lipinski definition) is 2. The maximum atomic E-state index is 12.0. The third kappa shape index (κ3) is 4.93. The SMILES string of the molecule is O=C(O)CCC1CCN(C(=O)NCc2ccc(Cl)cc2)C1. The Morgan fingerprint density at radius 2 is 2.05 bits per heavy atom. The van der Waals surface area contributed by atoms with Crippen molar-refractivity contribution in [3.05, 3.63) is 34.9 Å². The Bertz CT molecular complexity index is 504. The Hall–Kier alpha value is -1.75. The first-order valence-electron chi connectivity index (χ1n) is 7.03. The Balaban J connectivity index is 1.74. The lowest BCUT2D eigenvalue weighted by Gasteiger charge is -2.17. The molecule has 0 radical (unpaired) electrons. The van der Waals surface area contributed by atoms with E-state index >= 15 is 0 Å². The van der Waals surface area contributed by atoms with Gasteiger partial charge in [-0.25, -0.2) is 4.79 Å². The molecule has 1 atom stereocenters. The van der Waals surface area contributed by atoms with E-state index in [0.29, 0.717) is 37.0 Å². The lowest BCUT2D eigenvalue weighted by atomic mass is 10.0. The zero-order valence-electron chi connectivity index (χ0n) is 11.7. The molecule has 1 heterocycles. The number of carbonyl (C=O) groups excluding carboxylic acids is 1. The van der Waals surface area contributed by atoms with E-state index in [0.717, 1.165) is 12.0 Å². The molecule has 1 aliphatic heterocycles. The van der Waals surface area contributed by atoms with Gasteiger partial charge in [0.2, 0.25) is 0 Å². The van der Waals surface area contributed by atoms with Gasteiger partial charge in [-0.05, 0) is 36.5 Å². The van der Waals surface area contributed by atoms with Gasteiger partial charge in [0.15, 0.2) is 0 Å². The fourth-order valence-electron chi connectivity index (χ4n) is 2.47. The van der Waals surface area contributed by atoms with E-state index in [-0.39, 0.29) is 12.5 Å². The summed E-state index contributed by atoms with van der Waals surface area (Å²) in [5.41, 5.74) is 0.995. The quantitative estimate of drug-likeness (QED) is 0.878. The normalized spacial score (nSPS) is 17.8. The molecule has 6 heteroatoms. The van der Waals surface area contributed by atoms with Crippen molar-refractivity contribution in [1.29, 1.82) is 0 Å². The van der Waals surface area contributed by atoms with Crippen LogP contribution in [0.2, 0.25) is 5.02 Å². The predicted octanol–water partition coefficient (Wildman–Crippen LogP) is 2.74. The molecule has 2 N–H and O–H groups in total. The van der Waals surface area contributed by atoms with Crippen LogP contribution in [0, 0.1) is 5.92 Å². The van der Waals surface area contributed by atoms with Crippen LogP contribution in [0.25, 0.3) is 0 Å². The van der Waals surface area contributed by atoms with Gasteiger partial charge < -0.3 is 15.3 Å². The standard InChI is InChI=1S/C15H19ClN2O3/c16-13-4-1-11(2-5-13)9-17-15(21)18-8-7-12(10-18)3-6-14(19)20/h1-2,4-5,12H,3,6-10H2,(H,17,21)(H,19,20). The summed E-state index contributed by atoms with van der Waals surface area (Å²) in [6.07, 6.45) is 1.68. The van der Waals surface area contributed by atoms with Gasteiger partial charge in [0.25, 0.3) is 0 Å². The third-order valence-corrected chi connectivity index (χ3v) is 3.95. The van der Waals surface area contributed by atoms with Crippen LogP contribution in [0.5, 0.6) is 0 Å². The topological polar surface area (TPSA) is 69.6 Å². The summed E-state index contributed by atoms with van der Waals surface area (Å²) in [5.74, 6) is -0.483. The second-order valence-electron chi connectivity index (χ2n) is 5.32. The average molecular weight is 311 g/mol. The molecule has 0 bridgehead atoms. The lowest BCUT2D eigenvalue weighted by molar-refractivity contribution is -0.137. The van der Waals surface area contributed by atoms with Gasteiger partial charge in [-0.3, -0.25) is 4.79 Å². The maximum absolute atomic E-state index is 12.0. The highest BCUT2D eigenvalue weighted by Gasteiger charge is 2.26. The van der Waals surface area contributed by atoms with Crippen LogP contribution in [-0.4, -0.2) is 35.1 Å². The Kier molecular flexibility index (Phi) is 5.44. The first-order chi connectivity index (χ1) is 10.0. The van der Waals surface area contributed by atoms with Crippen LogP contribution in [0.1, 0.15) is 24.8 Å². The van der Waals surface area contributed by atoms with E-state index in [1.54, 1.807) is 17.0 Å². The van der Waals surface area contributed by atoms with Gasteiger partial charge >= 0.3 is 12.0 Å². The summed E-state index contributed by atoms with van der Waals surface area (Å²) in [6.45, 7) is 1.79. The molecule has 5 nitrogen and oxygen atoms in total. The van der Waals surface area contributed by atoms with Crippen LogP contribution in [-0.2, 0) is 11.3 Å². The molecule has 1 aliphatic rings. The largest absolute Gasteiger partial charge is 0.481 e. The molecular formula is C15H19ClN2O3. The molecule has 2 amide bonds. The molecule has 1 unspecified atom stereocenters. The number of nitrogens with one attached hydrogen (secondary N) is 1. The summed E-state index contributed by atoms with van der Waals surface area (Å²) in [7, 11) is 0. The number of likely N-dealkylation sites (tertiary alicyclic amines) is 1. The molecule has 0 spiro atoms. The second-order valence-corrected chi connectivity index (χ2v) is 5.75. The lowest BCUT2D eigenvalue weighted by Crippen LogP contribution is -2.38. The fraction of sp³-hybridized carbons (Fsp3) is 0.467. The average Bonchev–Trinajstić information content (AvgIpc) is 2.93. The van der Waals surface area contributed by atoms with Crippen molar-refractivity contribution < 1.29 is 14.7 Å². The smallest absolute Gasteiger partial charge is 0.317 e. The first-order valence-corrected chi connectivity index (χ1v) is 7.41. The molecular weight excluding hydrogens is 292 g/mol. The van der Waals surface area contributed by atoms with E-state index in [1.807, 2.05) is 12.1 Å². The highest BCUT2D eigenvalue weighted by atomic mass is 35.5. The van der Waals surface area contributed by atoms with Gasteiger partial charge in [-0.1, -0.05) is 23.7 Å². The molecule has 21 heavy (non-hydrogen) atoms. The number of nitrogens with zero attached hydrogens (tertiary/aromatic N) is 1. The number of carboxylic acid groups (broad SMARTS) is 1. The minimum Gasteiger partial charge on any atom is -0.481 e. The van der Waals surface area contributed by atoms with Crippen LogP contribution >= 0.6 is 11.6 Å². The molecule has 1 aromatic rings. The summed E-state index contributed by atoms with van der Waals surface area (Å²) < 4.78 is 0. The van der Waals surface area contributed by atoms with Gasteiger partial charge in [0.1, 0.15) is 0 Å². The summed E-state index contributed by atoms with van der Waals surface area (Å²) in [6, 6.07) is 7.24. The maximum Gasteiger partial charge on any atom is 0.317 e. The number of urea groups is 1. The zero-order chi connectivity index (χ0) is 15.2. The molecule has 1 aromatic carbocycles. The number of rotatable bonds is 5. The Morgan fingerprint density at radius 3 is 2.71 bits per heavy atom. The van der Waals surface area contributed by atoms with Gasteiger partial charge in [-0.2, -0.15) is 0 Å². The molecule has 1 saturated heterocycles. The minimum atomic E-state index is -0.777. The van der Waals surface area contributed by atoms with Crippen molar-refractivity contribution >= 4 is 23.6 Å². The van der Waals surface area contributed by atoms with E-state index in [9.17, 15) is 9.59 Å². The summed E-state index contributed by atoms with van der Waals surface area (Å²) in [4.78, 5) is 24.3. The van der Waals surface area contributed by atoms with E-state index in [4.69, 9.17) is 16.7 Å². The van der Waals surface area contributed by atoms with Crippen LogP contribution in [0.15, 0.2) is 24.3 Å². The monoisotopic (exact) mass is 310 g/mol. The number of carbonyl (C=O) groups is 2. The van der Waals surface area contributed by atoms with E-state index < -0.39 is 5.97 Å². The highest BCUT2D eigenvalue weighted by Crippen LogP contribution is 2.21. The molecule has 1 fully saturated rings. The molecule has 114 valence electrons. The van der Waals surface area contributed by atoms with Crippen LogP contribution in [0.3, 0.4) is 0 Å². The molecule has 2 rings (SSSR count). The minimum absolute atomic E-state index is 0.0947. The van der Waals surface area contributed by atoms with Crippen molar-refractivity contribution in [2.75, 3.05) is 13.1 Å². The zero-order valence-corrected chi connectivity index (χ0v) is 12.5. The third-order valence-electron chi connectivity index (χ3n) is 3.70. The first kappa shape index (κ1) is 15.6. The van der Waals surface area contributed by atoms with E-state index in [1.165, 1.54) is 0 Å². The van der Waals surface area contributed by atoms with Crippen molar-refractivity contribution in [3.63, 3.8) is 0 Å². The molecule has 0 saturated carbocycles. The second kappa shape index (κ2) is 7.31. The summed E-state index contributed by atoms with van der Waals surface area (Å²) >= 11 is 5.81. The van der Waals surface area contributed by atoms with Crippen molar-refractivity contribution in [1.82, 2.24) is 10.2 Å². The number of aliphatic carboxylic acids is 1. The summed E-state index contributed by atoms with van der Waals surface area (Å²) in [5, 5.41) is 12.2. The Labute approximate surface area is 128 Å². The highest BCUT2D eigenvalue weighted by molar-refractivity contribution is 6.30. The number of amides is 2. The van der Waals surface area contributed by atoms with Crippen molar-refractivity contribution in [2.45, 2.75) is 25.8 Å². The molecule has 0 aromatic heterocycles. The van der Waals surface area contributed by atoms with E-state index in [2.05, 4.69) is 5.32 Å². The van der Waals surface area contributed by atoms with Gasteiger partial charge in [-0.15, -0.1) is 0 Å². The number of carboxylic acids is 1. The number of hydrogen-bond acceptors (Lipinski definition) is 2. The molecule has 0 aliphatic carbocycles. The predicted molar refractivity (Wildman–Crippen MR) is 80.2 cm³/mol. The number of benzene rings is 1. The number of halogens is 1. The van der Waals surface area contributed by atoms with Gasteiger partial charge in [0, 0.05) is 31.1 Å². The fourth-order valence-corrected chi connectivity index (χ4v) is 2.60. The van der Waals surface area contributed by atoms with Crippen LogP contribution < -0.4 is 5.32 Å².